The van der Waals surface area contributed by atoms with E-state index in [4.69, 9.17) is 0 Å². The summed E-state index contributed by atoms with van der Waals surface area (Å²) in [5.74, 6) is -0.850. The lowest BCUT2D eigenvalue weighted by molar-refractivity contribution is -0.308. The molecule has 6 N–H and O–H groups in total. The van der Waals surface area contributed by atoms with Crippen LogP contribution in [0.1, 0.15) is 79.1 Å². The number of piperidine rings is 2. The maximum absolute atomic E-state index is 12.6. The first-order valence-electron chi connectivity index (χ1n) is 14.2. The van der Waals surface area contributed by atoms with Gasteiger partial charge in [0.15, 0.2) is 0 Å². The Morgan fingerprint density at radius 3 is 2.11 bits per heavy atom. The van der Waals surface area contributed by atoms with Gasteiger partial charge in [-0.2, -0.15) is 0 Å². The molecular weight excluding hydrogens is 446 g/mol. The van der Waals surface area contributed by atoms with Crippen LogP contribution in [-0.4, -0.2) is 89.3 Å². The maximum atomic E-state index is 12.6. The van der Waals surface area contributed by atoms with Crippen molar-refractivity contribution in [1.29, 1.82) is 0 Å². The summed E-state index contributed by atoms with van der Waals surface area (Å²) in [6.07, 6.45) is 2.74. The molecule has 0 aromatic rings. The third-order valence-electron chi connectivity index (χ3n) is 13.1. The van der Waals surface area contributed by atoms with Gasteiger partial charge in [-0.1, -0.05) is 13.8 Å². The van der Waals surface area contributed by atoms with E-state index >= 15 is 0 Å². The summed E-state index contributed by atoms with van der Waals surface area (Å²) in [6, 6.07) is 0. The predicted octanol–water partition coefficient (Wildman–Crippen LogP) is 1.27. The molecule has 2 aliphatic heterocycles. The number of hydrogen-bond acceptors (Lipinski definition) is 7. The number of hydrogen-bond donors (Lipinski definition) is 6. The molecular formula is C28H47NO6. The van der Waals surface area contributed by atoms with Crippen LogP contribution in [0.15, 0.2) is 0 Å². The number of aliphatic hydroxyl groups excluding tert-OH is 3. The lowest BCUT2D eigenvalue weighted by Gasteiger charge is -2.68. The Kier molecular flexibility index (Phi) is 5.31. The zero-order valence-corrected chi connectivity index (χ0v) is 21.9. The molecule has 0 aromatic heterocycles. The molecule has 7 nitrogen and oxygen atoms in total. The van der Waals surface area contributed by atoms with Crippen molar-refractivity contribution in [3.8, 4) is 0 Å². The Morgan fingerprint density at radius 1 is 0.714 bits per heavy atom. The fraction of sp³-hybridized carbons (Fsp3) is 1.00. The SMILES string of the molecule is CC1CCC2(C)N(C1)CC1C(C(O)CC3(O)C4CC(O)C5CC(O)CCC5(C)C4CC13O)C2(C)O. The Hall–Kier alpha value is -0.280. The van der Waals surface area contributed by atoms with Crippen LogP contribution in [0.5, 0.6) is 0 Å². The highest BCUT2D eigenvalue weighted by Gasteiger charge is 2.77. The molecule has 7 heteroatoms. The van der Waals surface area contributed by atoms with E-state index in [0.717, 1.165) is 25.8 Å². The summed E-state index contributed by atoms with van der Waals surface area (Å²) >= 11 is 0. The van der Waals surface area contributed by atoms with E-state index in [9.17, 15) is 30.6 Å². The molecule has 6 rings (SSSR count). The summed E-state index contributed by atoms with van der Waals surface area (Å²) in [5.41, 5.74) is -4.91. The van der Waals surface area contributed by atoms with Crippen molar-refractivity contribution in [2.75, 3.05) is 13.1 Å². The van der Waals surface area contributed by atoms with E-state index in [1.54, 1.807) is 0 Å². The second-order valence-corrected chi connectivity index (χ2v) is 14.5. The Balaban J connectivity index is 1.43. The van der Waals surface area contributed by atoms with Gasteiger partial charge < -0.3 is 30.6 Å². The number of fused-ring (bicyclic) bond motifs is 8. The average Bonchev–Trinajstić information content (AvgIpc) is 2.99. The lowest BCUT2D eigenvalue weighted by Crippen LogP contribution is -2.80. The predicted molar refractivity (Wildman–Crippen MR) is 130 cm³/mol. The minimum Gasteiger partial charge on any atom is -0.393 e. The molecule has 2 heterocycles. The van der Waals surface area contributed by atoms with Crippen molar-refractivity contribution in [2.45, 2.75) is 120 Å². The van der Waals surface area contributed by atoms with E-state index in [1.165, 1.54) is 0 Å². The van der Waals surface area contributed by atoms with Gasteiger partial charge in [0.2, 0.25) is 0 Å². The number of aliphatic hydroxyl groups is 6. The highest BCUT2D eigenvalue weighted by Crippen LogP contribution is 2.70. The van der Waals surface area contributed by atoms with Gasteiger partial charge in [0.05, 0.1) is 35.1 Å². The van der Waals surface area contributed by atoms with Crippen molar-refractivity contribution in [1.82, 2.24) is 4.90 Å². The second kappa shape index (κ2) is 7.43. The van der Waals surface area contributed by atoms with Crippen molar-refractivity contribution in [3.05, 3.63) is 0 Å². The molecule has 0 spiro atoms. The summed E-state index contributed by atoms with van der Waals surface area (Å²) < 4.78 is 0. The monoisotopic (exact) mass is 493 g/mol. The quantitative estimate of drug-likeness (QED) is 0.300. The smallest absolute Gasteiger partial charge is 0.0993 e. The summed E-state index contributed by atoms with van der Waals surface area (Å²) in [7, 11) is 0. The molecule has 0 bridgehead atoms. The standard InChI is InChI=1S/C28H47NO6/c1-15-5-8-25(3)26(4,33)23-20(14-29(25)13-15)27(34)11-19-17(28(27,35)12-22(23)32)10-21(31)18-9-16(30)6-7-24(18,19)2/h15-23,30-35H,5-14H2,1-4H3. The topological polar surface area (TPSA) is 125 Å². The first-order chi connectivity index (χ1) is 16.2. The van der Waals surface area contributed by atoms with E-state index in [-0.39, 0.29) is 29.6 Å². The van der Waals surface area contributed by atoms with Crippen molar-refractivity contribution >= 4 is 0 Å². The third kappa shape index (κ3) is 2.92. The molecule has 35 heavy (non-hydrogen) atoms. The van der Waals surface area contributed by atoms with Crippen molar-refractivity contribution in [3.63, 3.8) is 0 Å². The molecule has 0 aromatic carbocycles. The Bertz CT molecular complexity index is 884. The van der Waals surface area contributed by atoms with E-state index in [1.807, 2.05) is 6.92 Å². The summed E-state index contributed by atoms with van der Waals surface area (Å²) in [4.78, 5) is 2.33. The molecule has 2 saturated heterocycles. The van der Waals surface area contributed by atoms with Gasteiger partial charge in [-0.25, -0.2) is 0 Å². The minimum atomic E-state index is -1.51. The van der Waals surface area contributed by atoms with Crippen molar-refractivity contribution in [2.24, 2.45) is 40.9 Å². The highest BCUT2D eigenvalue weighted by molar-refractivity contribution is 5.28. The molecule has 6 aliphatic rings. The van der Waals surface area contributed by atoms with Crippen LogP contribution in [0, 0.1) is 40.9 Å². The Morgan fingerprint density at radius 2 is 1.40 bits per heavy atom. The normalized spacial score (nSPS) is 64.5. The third-order valence-corrected chi connectivity index (χ3v) is 13.1. The van der Waals surface area contributed by atoms with Gasteiger partial charge in [-0.15, -0.1) is 0 Å². The lowest BCUT2D eigenvalue weighted by atomic mass is 9.49. The average molecular weight is 494 g/mol. The number of rotatable bonds is 0. The second-order valence-electron chi connectivity index (χ2n) is 14.5. The van der Waals surface area contributed by atoms with Gasteiger partial charge in [0, 0.05) is 36.9 Å². The fourth-order valence-electron chi connectivity index (χ4n) is 10.8. The van der Waals surface area contributed by atoms with Crippen LogP contribution in [-0.2, 0) is 0 Å². The molecule has 200 valence electrons. The number of nitrogens with zero attached hydrogens (tertiary/aromatic N) is 1. The minimum absolute atomic E-state index is 0.00267. The van der Waals surface area contributed by atoms with Crippen molar-refractivity contribution < 1.29 is 30.6 Å². The maximum Gasteiger partial charge on any atom is 0.0993 e. The van der Waals surface area contributed by atoms with Crippen LogP contribution in [0.25, 0.3) is 0 Å². The molecule has 14 unspecified atom stereocenters. The molecule has 0 amide bonds. The van der Waals surface area contributed by atoms with E-state index in [2.05, 4.69) is 25.7 Å². The summed E-state index contributed by atoms with van der Waals surface area (Å²) in [6.45, 7) is 9.75. The zero-order valence-electron chi connectivity index (χ0n) is 21.9. The molecule has 4 saturated carbocycles. The Labute approximate surface area is 209 Å². The first-order valence-corrected chi connectivity index (χ1v) is 14.2. The molecule has 4 aliphatic carbocycles. The van der Waals surface area contributed by atoms with Crippen LogP contribution in [0.3, 0.4) is 0 Å². The largest absolute Gasteiger partial charge is 0.393 e. The fourth-order valence-corrected chi connectivity index (χ4v) is 10.8. The molecule has 6 fully saturated rings. The van der Waals surface area contributed by atoms with Crippen LogP contribution in [0.4, 0.5) is 0 Å². The highest BCUT2D eigenvalue weighted by atomic mass is 16.4. The first kappa shape index (κ1) is 25.0. The van der Waals surface area contributed by atoms with Crippen LogP contribution < -0.4 is 0 Å². The van der Waals surface area contributed by atoms with Crippen LogP contribution >= 0.6 is 0 Å². The van der Waals surface area contributed by atoms with Gasteiger partial charge in [-0.3, -0.25) is 4.90 Å². The van der Waals surface area contributed by atoms with Crippen LogP contribution in [0.2, 0.25) is 0 Å². The van der Waals surface area contributed by atoms with Gasteiger partial charge in [0.1, 0.15) is 0 Å². The van der Waals surface area contributed by atoms with Gasteiger partial charge in [-0.05, 0) is 87.9 Å². The van der Waals surface area contributed by atoms with E-state index < -0.39 is 52.5 Å². The zero-order chi connectivity index (χ0) is 25.3. The van der Waals surface area contributed by atoms with E-state index in [0.29, 0.717) is 38.1 Å². The van der Waals surface area contributed by atoms with Gasteiger partial charge >= 0.3 is 0 Å². The molecule has 0 radical (unpaired) electrons. The summed E-state index contributed by atoms with van der Waals surface area (Å²) in [5, 5.41) is 70.2. The molecule has 14 atom stereocenters. The van der Waals surface area contributed by atoms with Gasteiger partial charge in [0.25, 0.3) is 0 Å².